The number of benzene rings is 1. The Morgan fingerprint density at radius 3 is 2.72 bits per heavy atom. The van der Waals surface area contributed by atoms with E-state index < -0.39 is 0 Å². The molecule has 0 aliphatic rings. The lowest BCUT2D eigenvalue weighted by atomic mass is 10.2. The van der Waals surface area contributed by atoms with Gasteiger partial charge in [-0.1, -0.05) is 18.3 Å². The Morgan fingerprint density at radius 2 is 2.06 bits per heavy atom. The third-order valence-electron chi connectivity index (χ3n) is 2.31. The van der Waals surface area contributed by atoms with Crippen molar-refractivity contribution in [1.29, 1.82) is 0 Å². The molecule has 6 heteroatoms. The van der Waals surface area contributed by atoms with Gasteiger partial charge in [-0.25, -0.2) is 14.4 Å². The van der Waals surface area contributed by atoms with Crippen molar-refractivity contribution in [1.82, 2.24) is 9.97 Å². The predicted molar refractivity (Wildman–Crippen MR) is 72.3 cm³/mol. The first-order chi connectivity index (χ1) is 8.58. The summed E-state index contributed by atoms with van der Waals surface area (Å²) in [7, 11) is 0. The van der Waals surface area contributed by atoms with Crippen molar-refractivity contribution in [3.63, 3.8) is 0 Å². The Bertz CT molecular complexity index is 600. The SMILES string of the molecule is Cc1ccc(Nc2nccnc2C(N)=S)c(F)c1. The van der Waals surface area contributed by atoms with E-state index in [2.05, 4.69) is 15.3 Å². The molecule has 0 spiro atoms. The second kappa shape index (κ2) is 5.05. The molecule has 0 saturated heterocycles. The largest absolute Gasteiger partial charge is 0.388 e. The molecule has 0 aliphatic carbocycles. The highest BCUT2D eigenvalue weighted by Gasteiger charge is 2.10. The van der Waals surface area contributed by atoms with E-state index in [1.165, 1.54) is 18.5 Å². The summed E-state index contributed by atoms with van der Waals surface area (Å²) in [5, 5.41) is 2.83. The number of nitrogens with two attached hydrogens (primary N) is 1. The first-order valence-electron chi connectivity index (χ1n) is 5.22. The first-order valence-corrected chi connectivity index (χ1v) is 5.63. The molecule has 0 fully saturated rings. The third kappa shape index (κ3) is 2.60. The van der Waals surface area contributed by atoms with Crippen molar-refractivity contribution in [2.75, 3.05) is 5.32 Å². The summed E-state index contributed by atoms with van der Waals surface area (Å²) < 4.78 is 13.7. The van der Waals surface area contributed by atoms with Crippen molar-refractivity contribution < 1.29 is 4.39 Å². The van der Waals surface area contributed by atoms with Crippen LogP contribution in [0.2, 0.25) is 0 Å². The molecular weight excluding hydrogens is 251 g/mol. The Morgan fingerprint density at radius 1 is 1.33 bits per heavy atom. The molecule has 1 heterocycles. The number of aryl methyl sites for hydroxylation is 1. The molecule has 0 aliphatic heterocycles. The highest BCUT2D eigenvalue weighted by molar-refractivity contribution is 7.80. The van der Waals surface area contributed by atoms with Crippen LogP contribution in [-0.4, -0.2) is 15.0 Å². The number of rotatable bonds is 3. The van der Waals surface area contributed by atoms with Gasteiger partial charge in [-0.3, -0.25) is 0 Å². The number of nitrogens with one attached hydrogen (secondary N) is 1. The molecule has 0 amide bonds. The van der Waals surface area contributed by atoms with Gasteiger partial charge in [0.2, 0.25) is 0 Å². The maximum Gasteiger partial charge on any atom is 0.159 e. The van der Waals surface area contributed by atoms with E-state index in [4.69, 9.17) is 18.0 Å². The number of nitrogens with zero attached hydrogens (tertiary/aromatic N) is 2. The van der Waals surface area contributed by atoms with E-state index >= 15 is 0 Å². The van der Waals surface area contributed by atoms with Crippen LogP contribution in [0, 0.1) is 12.7 Å². The van der Waals surface area contributed by atoms with E-state index in [1.54, 1.807) is 12.1 Å². The molecule has 4 nitrogen and oxygen atoms in total. The molecule has 0 radical (unpaired) electrons. The van der Waals surface area contributed by atoms with Crippen molar-refractivity contribution in [2.45, 2.75) is 6.92 Å². The van der Waals surface area contributed by atoms with Gasteiger partial charge < -0.3 is 11.1 Å². The number of halogens is 1. The number of hydrogen-bond donors (Lipinski definition) is 2. The Labute approximate surface area is 109 Å². The highest BCUT2D eigenvalue weighted by Crippen LogP contribution is 2.20. The van der Waals surface area contributed by atoms with Gasteiger partial charge in [0.15, 0.2) is 5.82 Å². The van der Waals surface area contributed by atoms with Crippen molar-refractivity contribution in [3.05, 3.63) is 47.7 Å². The molecule has 1 aromatic heterocycles. The minimum Gasteiger partial charge on any atom is -0.388 e. The number of aromatic nitrogens is 2. The average Bonchev–Trinajstić information content (AvgIpc) is 2.33. The van der Waals surface area contributed by atoms with Gasteiger partial charge in [0.1, 0.15) is 16.5 Å². The smallest absolute Gasteiger partial charge is 0.159 e. The highest BCUT2D eigenvalue weighted by atomic mass is 32.1. The van der Waals surface area contributed by atoms with Crippen LogP contribution in [0.4, 0.5) is 15.9 Å². The van der Waals surface area contributed by atoms with Gasteiger partial charge >= 0.3 is 0 Å². The summed E-state index contributed by atoms with van der Waals surface area (Å²) in [4.78, 5) is 8.17. The standard InChI is InChI=1S/C12H11FN4S/c1-7-2-3-9(8(13)6-7)17-12-10(11(14)18)15-4-5-16-12/h2-6H,1H3,(H2,14,18)(H,16,17). The fourth-order valence-electron chi connectivity index (χ4n) is 1.46. The molecule has 18 heavy (non-hydrogen) atoms. The van der Waals surface area contributed by atoms with Crippen LogP contribution < -0.4 is 11.1 Å². The summed E-state index contributed by atoms with van der Waals surface area (Å²) >= 11 is 4.86. The molecule has 0 saturated carbocycles. The molecule has 0 bridgehead atoms. The normalized spacial score (nSPS) is 10.1. The third-order valence-corrected chi connectivity index (χ3v) is 2.50. The molecule has 92 valence electrons. The van der Waals surface area contributed by atoms with Crippen LogP contribution in [-0.2, 0) is 0 Å². The van der Waals surface area contributed by atoms with Crippen LogP contribution in [0.1, 0.15) is 11.3 Å². The summed E-state index contributed by atoms with van der Waals surface area (Å²) in [6.45, 7) is 1.82. The molecule has 2 aromatic rings. The van der Waals surface area contributed by atoms with Crippen LogP contribution in [0.15, 0.2) is 30.6 Å². The van der Waals surface area contributed by atoms with E-state index in [9.17, 15) is 4.39 Å². The average molecular weight is 262 g/mol. The fraction of sp³-hybridized carbons (Fsp3) is 0.0833. The van der Waals surface area contributed by atoms with E-state index in [0.29, 0.717) is 17.2 Å². The van der Waals surface area contributed by atoms with Crippen LogP contribution in [0.5, 0.6) is 0 Å². The monoisotopic (exact) mass is 262 g/mol. The summed E-state index contributed by atoms with van der Waals surface area (Å²) in [5.74, 6) is -0.0257. The van der Waals surface area contributed by atoms with Crippen molar-refractivity contribution >= 4 is 28.7 Å². The Hall–Kier alpha value is -2.08. The lowest BCUT2D eigenvalue weighted by Gasteiger charge is -2.10. The number of hydrogen-bond acceptors (Lipinski definition) is 4. The quantitative estimate of drug-likeness (QED) is 0.831. The molecule has 0 unspecified atom stereocenters. The zero-order chi connectivity index (χ0) is 13.1. The van der Waals surface area contributed by atoms with Crippen LogP contribution in [0.3, 0.4) is 0 Å². The minimum atomic E-state index is -0.366. The van der Waals surface area contributed by atoms with Gasteiger partial charge in [-0.05, 0) is 24.6 Å². The zero-order valence-corrected chi connectivity index (χ0v) is 10.5. The zero-order valence-electron chi connectivity index (χ0n) is 9.64. The fourth-order valence-corrected chi connectivity index (χ4v) is 1.61. The maximum absolute atomic E-state index is 13.7. The Kier molecular flexibility index (Phi) is 3.47. The van der Waals surface area contributed by atoms with Crippen LogP contribution >= 0.6 is 12.2 Å². The lowest BCUT2D eigenvalue weighted by molar-refractivity contribution is 0.630. The number of thiocarbonyl (C=S) groups is 1. The van der Waals surface area contributed by atoms with Crippen molar-refractivity contribution in [2.24, 2.45) is 5.73 Å². The van der Waals surface area contributed by atoms with E-state index in [0.717, 1.165) is 5.56 Å². The summed E-state index contributed by atoms with van der Waals surface area (Å²) in [6, 6.07) is 4.85. The van der Waals surface area contributed by atoms with Crippen LogP contribution in [0.25, 0.3) is 0 Å². The van der Waals surface area contributed by atoms with Gasteiger partial charge in [0.25, 0.3) is 0 Å². The summed E-state index contributed by atoms with van der Waals surface area (Å²) in [5.41, 5.74) is 7.01. The molecule has 1 aromatic carbocycles. The lowest BCUT2D eigenvalue weighted by Crippen LogP contribution is -2.15. The molecule has 0 atom stereocenters. The van der Waals surface area contributed by atoms with Gasteiger partial charge in [0, 0.05) is 12.4 Å². The second-order valence-electron chi connectivity index (χ2n) is 3.73. The van der Waals surface area contributed by atoms with Gasteiger partial charge in [-0.15, -0.1) is 0 Å². The van der Waals surface area contributed by atoms with E-state index in [1.807, 2.05) is 6.92 Å². The topological polar surface area (TPSA) is 63.8 Å². The van der Waals surface area contributed by atoms with E-state index in [-0.39, 0.29) is 10.8 Å². The molecule has 2 rings (SSSR count). The predicted octanol–water partition coefficient (Wildman–Crippen LogP) is 2.30. The maximum atomic E-state index is 13.7. The Balaban J connectivity index is 2.37. The second-order valence-corrected chi connectivity index (χ2v) is 4.17. The first kappa shape index (κ1) is 12.4. The van der Waals surface area contributed by atoms with Crippen molar-refractivity contribution in [3.8, 4) is 0 Å². The minimum absolute atomic E-state index is 0.109. The summed E-state index contributed by atoms with van der Waals surface area (Å²) in [6.07, 6.45) is 2.96. The molecular formula is C12H11FN4S. The molecule has 3 N–H and O–H groups in total. The van der Waals surface area contributed by atoms with Gasteiger partial charge in [0.05, 0.1) is 5.69 Å². The van der Waals surface area contributed by atoms with Gasteiger partial charge in [-0.2, -0.15) is 0 Å². The number of anilines is 2.